The van der Waals surface area contributed by atoms with Gasteiger partial charge in [0.05, 0.1) is 5.56 Å². The van der Waals surface area contributed by atoms with Gasteiger partial charge in [-0.2, -0.15) is 0 Å². The number of likely N-dealkylation sites (N-methyl/N-ethyl adjacent to an activating group) is 1. The molecule has 110 valence electrons. The minimum Gasteiger partial charge on any atom is -0.399 e. The predicted octanol–water partition coefficient (Wildman–Crippen LogP) is 1.46. The van der Waals surface area contributed by atoms with E-state index in [1.807, 2.05) is 0 Å². The quantitative estimate of drug-likeness (QED) is 0.711. The fourth-order valence-electron chi connectivity index (χ4n) is 2.76. The fourth-order valence-corrected chi connectivity index (χ4v) is 2.76. The Balaban J connectivity index is 1.80. The van der Waals surface area contributed by atoms with Crippen LogP contribution in [0.4, 0.5) is 11.4 Å². The maximum Gasteiger partial charge on any atom is 0.253 e. The summed E-state index contributed by atoms with van der Waals surface area (Å²) in [6, 6.07) is 5.64. The van der Waals surface area contributed by atoms with E-state index in [-0.39, 0.29) is 5.91 Å². The van der Waals surface area contributed by atoms with Crippen LogP contribution in [-0.2, 0) is 0 Å². The van der Waals surface area contributed by atoms with Crippen LogP contribution in [0.1, 0.15) is 36.0 Å². The second kappa shape index (κ2) is 6.61. The van der Waals surface area contributed by atoms with E-state index in [2.05, 4.69) is 17.3 Å². The van der Waals surface area contributed by atoms with E-state index in [1.54, 1.807) is 18.2 Å². The second-order valence-electron chi connectivity index (χ2n) is 5.52. The zero-order valence-corrected chi connectivity index (χ0v) is 12.1. The Morgan fingerprint density at radius 3 is 2.70 bits per heavy atom. The molecule has 1 aliphatic rings. The zero-order chi connectivity index (χ0) is 14.5. The number of benzene rings is 1. The van der Waals surface area contributed by atoms with E-state index in [4.69, 9.17) is 11.5 Å². The van der Waals surface area contributed by atoms with Crippen LogP contribution in [-0.4, -0.2) is 37.0 Å². The van der Waals surface area contributed by atoms with Gasteiger partial charge in [0.1, 0.15) is 0 Å². The van der Waals surface area contributed by atoms with Crippen molar-refractivity contribution in [3.8, 4) is 0 Å². The summed E-state index contributed by atoms with van der Waals surface area (Å²) in [6.45, 7) is 1.50. The Kier molecular flexibility index (Phi) is 4.84. The van der Waals surface area contributed by atoms with Gasteiger partial charge in [0, 0.05) is 30.5 Å². The number of nitrogens with two attached hydrogens (primary N) is 2. The monoisotopic (exact) mass is 276 g/mol. The maximum absolute atomic E-state index is 12.0. The van der Waals surface area contributed by atoms with Crippen molar-refractivity contribution < 1.29 is 4.79 Å². The largest absolute Gasteiger partial charge is 0.399 e. The summed E-state index contributed by atoms with van der Waals surface area (Å²) >= 11 is 0. The molecule has 1 aromatic rings. The first-order valence-electron chi connectivity index (χ1n) is 7.21. The van der Waals surface area contributed by atoms with E-state index >= 15 is 0 Å². The van der Waals surface area contributed by atoms with Gasteiger partial charge in [-0.25, -0.2) is 0 Å². The summed E-state index contributed by atoms with van der Waals surface area (Å²) < 4.78 is 0. The average Bonchev–Trinajstić information content (AvgIpc) is 2.92. The number of rotatable bonds is 5. The molecule has 1 aromatic carbocycles. The van der Waals surface area contributed by atoms with Crippen LogP contribution in [0, 0.1) is 0 Å². The van der Waals surface area contributed by atoms with Crippen LogP contribution in [0.5, 0.6) is 0 Å². The second-order valence-corrected chi connectivity index (χ2v) is 5.52. The average molecular weight is 276 g/mol. The molecule has 5 heteroatoms. The predicted molar refractivity (Wildman–Crippen MR) is 82.5 cm³/mol. The van der Waals surface area contributed by atoms with Crippen LogP contribution in [0.25, 0.3) is 0 Å². The van der Waals surface area contributed by atoms with Crippen LogP contribution < -0.4 is 16.8 Å². The number of nitrogens with zero attached hydrogens (tertiary/aromatic N) is 1. The van der Waals surface area contributed by atoms with E-state index in [0.29, 0.717) is 29.5 Å². The summed E-state index contributed by atoms with van der Waals surface area (Å²) in [6.07, 6.45) is 5.19. The number of carbonyl (C=O) groups is 1. The number of hydrogen-bond donors (Lipinski definition) is 3. The van der Waals surface area contributed by atoms with Gasteiger partial charge >= 0.3 is 0 Å². The van der Waals surface area contributed by atoms with Gasteiger partial charge in [-0.1, -0.05) is 12.8 Å². The molecule has 1 fully saturated rings. The van der Waals surface area contributed by atoms with Crippen molar-refractivity contribution >= 4 is 17.3 Å². The molecule has 1 saturated carbocycles. The van der Waals surface area contributed by atoms with Gasteiger partial charge in [0.15, 0.2) is 0 Å². The first-order valence-corrected chi connectivity index (χ1v) is 7.21. The van der Waals surface area contributed by atoms with E-state index in [1.165, 1.54) is 25.7 Å². The summed E-state index contributed by atoms with van der Waals surface area (Å²) in [5.41, 5.74) is 12.9. The van der Waals surface area contributed by atoms with Gasteiger partial charge in [-0.05, 0) is 38.1 Å². The summed E-state index contributed by atoms with van der Waals surface area (Å²) in [5.74, 6) is -0.137. The highest BCUT2D eigenvalue weighted by Gasteiger charge is 2.19. The normalized spacial score (nSPS) is 15.7. The molecule has 0 atom stereocenters. The first-order chi connectivity index (χ1) is 9.58. The van der Waals surface area contributed by atoms with Gasteiger partial charge in [0.25, 0.3) is 5.91 Å². The topological polar surface area (TPSA) is 84.4 Å². The molecule has 0 saturated heterocycles. The molecule has 0 spiro atoms. The molecule has 5 nitrogen and oxygen atoms in total. The minimum absolute atomic E-state index is 0.137. The molecule has 0 aliphatic heterocycles. The van der Waals surface area contributed by atoms with Crippen LogP contribution >= 0.6 is 0 Å². The molecule has 5 N–H and O–H groups in total. The van der Waals surface area contributed by atoms with Crippen molar-refractivity contribution in [2.45, 2.75) is 31.7 Å². The number of nitrogen functional groups attached to an aromatic ring is 2. The third kappa shape index (κ3) is 3.63. The highest BCUT2D eigenvalue weighted by Crippen LogP contribution is 2.21. The van der Waals surface area contributed by atoms with Gasteiger partial charge in [-0.15, -0.1) is 0 Å². The lowest BCUT2D eigenvalue weighted by atomic mass is 10.1. The Bertz CT molecular complexity index is 469. The molecule has 0 aromatic heterocycles. The number of hydrogen-bond acceptors (Lipinski definition) is 4. The lowest BCUT2D eigenvalue weighted by Crippen LogP contribution is -2.37. The molecule has 1 amide bonds. The Hall–Kier alpha value is -1.75. The molecule has 1 aliphatic carbocycles. The third-order valence-corrected chi connectivity index (χ3v) is 4.02. The highest BCUT2D eigenvalue weighted by molar-refractivity contribution is 5.99. The summed E-state index contributed by atoms with van der Waals surface area (Å²) in [7, 11) is 2.12. The van der Waals surface area contributed by atoms with Crippen molar-refractivity contribution in [3.63, 3.8) is 0 Å². The molecule has 2 rings (SSSR count). The third-order valence-electron chi connectivity index (χ3n) is 4.02. The highest BCUT2D eigenvalue weighted by atomic mass is 16.1. The zero-order valence-electron chi connectivity index (χ0n) is 12.1. The summed E-state index contributed by atoms with van der Waals surface area (Å²) in [4.78, 5) is 14.4. The molecule has 20 heavy (non-hydrogen) atoms. The SMILES string of the molecule is CN(CCNC(=O)c1ccc(N)cc1N)C1CCCC1. The number of carbonyl (C=O) groups excluding carboxylic acids is 1. The molecular weight excluding hydrogens is 252 g/mol. The summed E-state index contributed by atoms with van der Waals surface area (Å²) in [5, 5.41) is 2.91. The molecular formula is C15H24N4O. The molecule has 0 unspecified atom stereocenters. The van der Waals surface area contributed by atoms with E-state index < -0.39 is 0 Å². The first kappa shape index (κ1) is 14.7. The van der Waals surface area contributed by atoms with Gasteiger partial charge in [0.2, 0.25) is 0 Å². The van der Waals surface area contributed by atoms with Gasteiger partial charge < -0.3 is 21.7 Å². The Morgan fingerprint density at radius 1 is 1.35 bits per heavy atom. The standard InChI is InChI=1S/C15H24N4O/c1-19(12-4-2-3-5-12)9-8-18-15(20)13-7-6-11(16)10-14(13)17/h6-7,10,12H,2-5,8-9,16-17H2,1H3,(H,18,20). The molecule has 0 bridgehead atoms. The maximum atomic E-state index is 12.0. The van der Waals surface area contributed by atoms with Crippen molar-refractivity contribution in [1.29, 1.82) is 0 Å². The van der Waals surface area contributed by atoms with Gasteiger partial charge in [-0.3, -0.25) is 4.79 Å². The minimum atomic E-state index is -0.137. The van der Waals surface area contributed by atoms with Crippen LogP contribution in [0.15, 0.2) is 18.2 Å². The lowest BCUT2D eigenvalue weighted by Gasteiger charge is -2.23. The van der Waals surface area contributed by atoms with Crippen molar-refractivity contribution in [3.05, 3.63) is 23.8 Å². The lowest BCUT2D eigenvalue weighted by molar-refractivity contribution is 0.0948. The smallest absolute Gasteiger partial charge is 0.253 e. The van der Waals surface area contributed by atoms with Crippen molar-refractivity contribution in [1.82, 2.24) is 10.2 Å². The number of amides is 1. The van der Waals surface area contributed by atoms with Crippen LogP contribution in [0.3, 0.4) is 0 Å². The Morgan fingerprint density at radius 2 is 2.05 bits per heavy atom. The van der Waals surface area contributed by atoms with Crippen molar-refractivity contribution in [2.75, 3.05) is 31.6 Å². The molecule has 0 heterocycles. The van der Waals surface area contributed by atoms with Crippen LogP contribution in [0.2, 0.25) is 0 Å². The van der Waals surface area contributed by atoms with E-state index in [9.17, 15) is 4.79 Å². The fraction of sp³-hybridized carbons (Fsp3) is 0.533. The van der Waals surface area contributed by atoms with E-state index in [0.717, 1.165) is 6.54 Å². The molecule has 0 radical (unpaired) electrons. The number of nitrogens with one attached hydrogen (secondary N) is 1. The Labute approximate surface area is 120 Å². The number of anilines is 2. The van der Waals surface area contributed by atoms with Crippen molar-refractivity contribution in [2.24, 2.45) is 0 Å².